The first-order valence-electron chi connectivity index (χ1n) is 11.0. The highest BCUT2D eigenvalue weighted by Gasteiger charge is 2.20. The number of likely N-dealkylation sites (tertiary alicyclic amines) is 1. The molecule has 168 valence electrons. The summed E-state index contributed by atoms with van der Waals surface area (Å²) in [5, 5.41) is 13.4. The molecule has 1 fully saturated rings. The summed E-state index contributed by atoms with van der Waals surface area (Å²) in [4.78, 5) is 15.0. The maximum atomic E-state index is 12.6. The zero-order valence-electron chi connectivity index (χ0n) is 18.2. The largest absolute Gasteiger partial charge is 0.349 e. The second-order valence-corrected chi connectivity index (χ2v) is 9.41. The number of carbonyl (C=O) groups excluding carboxylic acids is 1. The Hall–Kier alpha value is -2.35. The topological polar surface area (TPSA) is 63.1 Å². The second-order valence-electron chi connectivity index (χ2n) is 8.04. The van der Waals surface area contributed by atoms with E-state index in [2.05, 4.69) is 20.4 Å². The Morgan fingerprint density at radius 3 is 2.50 bits per heavy atom. The van der Waals surface area contributed by atoms with E-state index in [0.29, 0.717) is 10.2 Å². The summed E-state index contributed by atoms with van der Waals surface area (Å²) in [5.41, 5.74) is 2.03. The van der Waals surface area contributed by atoms with Gasteiger partial charge >= 0.3 is 0 Å². The molecule has 1 amide bonds. The van der Waals surface area contributed by atoms with Crippen molar-refractivity contribution in [3.8, 4) is 5.69 Å². The smallest absolute Gasteiger partial charge is 0.230 e. The number of thioether (sulfide) groups is 1. The van der Waals surface area contributed by atoms with Gasteiger partial charge in [0.05, 0.1) is 18.3 Å². The summed E-state index contributed by atoms with van der Waals surface area (Å²) in [6, 6.07) is 17.6. The van der Waals surface area contributed by atoms with E-state index in [-0.39, 0.29) is 17.7 Å². The number of nitrogens with zero attached hydrogens (tertiary/aromatic N) is 4. The van der Waals surface area contributed by atoms with Crippen molar-refractivity contribution in [2.45, 2.75) is 43.9 Å². The molecule has 0 saturated carbocycles. The molecule has 1 aromatic heterocycles. The van der Waals surface area contributed by atoms with Crippen LogP contribution in [-0.2, 0) is 11.3 Å². The fourth-order valence-electron chi connectivity index (χ4n) is 3.90. The monoisotopic (exact) mass is 469 g/mol. The molecule has 0 unspecified atom stereocenters. The van der Waals surface area contributed by atoms with Crippen LogP contribution in [0.5, 0.6) is 0 Å². The number of nitrogens with one attached hydrogen (secondary N) is 1. The lowest BCUT2D eigenvalue weighted by molar-refractivity contribution is -0.119. The standard InChI is InChI=1S/C24H28ClN5OS/c1-18(19-8-4-2-5-9-19)26-23(31)17-32-24-28-27-22(16-29-14-6-3-7-15-29)30(24)21-12-10-20(25)11-13-21/h2,4-5,8-13,18H,3,6-7,14-17H2,1H3,(H,26,31)/t18-/m1/s1. The van der Waals surface area contributed by atoms with E-state index in [1.165, 1.54) is 31.0 Å². The molecule has 3 aromatic rings. The van der Waals surface area contributed by atoms with Crippen LogP contribution >= 0.6 is 23.4 Å². The summed E-state index contributed by atoms with van der Waals surface area (Å²) in [5.74, 6) is 1.12. The van der Waals surface area contributed by atoms with Crippen LogP contribution in [0.15, 0.2) is 59.8 Å². The lowest BCUT2D eigenvalue weighted by atomic mass is 10.1. The summed E-state index contributed by atoms with van der Waals surface area (Å²) >= 11 is 7.50. The molecule has 2 heterocycles. The minimum atomic E-state index is -0.0481. The Bertz CT molecular complexity index is 1020. The lowest BCUT2D eigenvalue weighted by Gasteiger charge is -2.26. The van der Waals surface area contributed by atoms with E-state index in [0.717, 1.165) is 36.7 Å². The van der Waals surface area contributed by atoms with E-state index in [1.807, 2.05) is 66.1 Å². The number of halogens is 1. The number of carbonyl (C=O) groups is 1. The van der Waals surface area contributed by atoms with Crippen LogP contribution in [0.25, 0.3) is 5.69 Å². The van der Waals surface area contributed by atoms with Gasteiger partial charge in [-0.05, 0) is 62.7 Å². The Balaban J connectivity index is 1.47. The van der Waals surface area contributed by atoms with E-state index >= 15 is 0 Å². The third kappa shape index (κ3) is 5.91. The minimum Gasteiger partial charge on any atom is -0.349 e. The Morgan fingerprint density at radius 2 is 1.78 bits per heavy atom. The average molecular weight is 470 g/mol. The van der Waals surface area contributed by atoms with Crippen LogP contribution in [0, 0.1) is 0 Å². The molecule has 4 rings (SSSR count). The van der Waals surface area contributed by atoms with Crippen LogP contribution in [0.2, 0.25) is 5.02 Å². The van der Waals surface area contributed by atoms with Crippen molar-refractivity contribution in [3.63, 3.8) is 0 Å². The Kier molecular flexibility index (Phi) is 7.84. The molecular weight excluding hydrogens is 442 g/mol. The van der Waals surface area contributed by atoms with Gasteiger partial charge in [0.15, 0.2) is 11.0 Å². The van der Waals surface area contributed by atoms with E-state index < -0.39 is 0 Å². The van der Waals surface area contributed by atoms with Crippen molar-refractivity contribution in [2.75, 3.05) is 18.8 Å². The van der Waals surface area contributed by atoms with Gasteiger partial charge in [-0.15, -0.1) is 10.2 Å². The molecule has 0 aliphatic carbocycles. The molecule has 1 saturated heterocycles. The van der Waals surface area contributed by atoms with Crippen molar-refractivity contribution in [1.29, 1.82) is 0 Å². The fraction of sp³-hybridized carbons (Fsp3) is 0.375. The first kappa shape index (κ1) is 22.8. The number of piperidine rings is 1. The maximum absolute atomic E-state index is 12.6. The molecule has 0 bridgehead atoms. The van der Waals surface area contributed by atoms with E-state index in [1.54, 1.807) is 0 Å². The fourth-order valence-corrected chi connectivity index (χ4v) is 4.81. The molecule has 32 heavy (non-hydrogen) atoms. The Labute approximate surface area is 198 Å². The van der Waals surface area contributed by atoms with Crippen molar-refractivity contribution in [3.05, 3.63) is 71.0 Å². The zero-order chi connectivity index (χ0) is 22.3. The van der Waals surface area contributed by atoms with Gasteiger partial charge in [0.2, 0.25) is 5.91 Å². The van der Waals surface area contributed by atoms with Gasteiger partial charge in [0.1, 0.15) is 0 Å². The van der Waals surface area contributed by atoms with Gasteiger partial charge in [-0.25, -0.2) is 0 Å². The number of aromatic nitrogens is 3. The summed E-state index contributed by atoms with van der Waals surface area (Å²) in [6.07, 6.45) is 3.73. The third-order valence-electron chi connectivity index (χ3n) is 5.61. The summed E-state index contributed by atoms with van der Waals surface area (Å²) in [6.45, 7) is 4.89. The normalized spacial score (nSPS) is 15.4. The predicted octanol–water partition coefficient (Wildman–Crippen LogP) is 4.88. The first-order valence-corrected chi connectivity index (χ1v) is 12.4. The number of amides is 1. The van der Waals surface area contributed by atoms with Gasteiger partial charge in [0, 0.05) is 10.7 Å². The van der Waals surface area contributed by atoms with Crippen LogP contribution in [0.4, 0.5) is 0 Å². The van der Waals surface area contributed by atoms with Gasteiger partial charge in [-0.1, -0.05) is 60.1 Å². The molecule has 2 aromatic carbocycles. The molecule has 1 atom stereocenters. The molecule has 0 radical (unpaired) electrons. The SMILES string of the molecule is C[C@@H](NC(=O)CSc1nnc(CN2CCCCC2)n1-c1ccc(Cl)cc1)c1ccccc1. The van der Waals surface area contributed by atoms with Gasteiger partial charge in [-0.3, -0.25) is 14.3 Å². The van der Waals surface area contributed by atoms with Crippen LogP contribution in [0.3, 0.4) is 0 Å². The number of rotatable bonds is 8. The average Bonchev–Trinajstić information content (AvgIpc) is 3.21. The van der Waals surface area contributed by atoms with Crippen molar-refractivity contribution >= 4 is 29.3 Å². The van der Waals surface area contributed by atoms with E-state index in [4.69, 9.17) is 11.6 Å². The van der Waals surface area contributed by atoms with Crippen LogP contribution < -0.4 is 5.32 Å². The van der Waals surface area contributed by atoms with Crippen molar-refractivity contribution < 1.29 is 4.79 Å². The highest BCUT2D eigenvalue weighted by atomic mass is 35.5. The van der Waals surface area contributed by atoms with Gasteiger partial charge in [-0.2, -0.15) is 0 Å². The molecule has 0 spiro atoms. The third-order valence-corrected chi connectivity index (χ3v) is 6.79. The zero-order valence-corrected chi connectivity index (χ0v) is 19.8. The van der Waals surface area contributed by atoms with Crippen LogP contribution in [0.1, 0.15) is 43.6 Å². The second kappa shape index (κ2) is 11.0. The number of hydrogen-bond donors (Lipinski definition) is 1. The maximum Gasteiger partial charge on any atom is 0.230 e. The van der Waals surface area contributed by atoms with Gasteiger partial charge < -0.3 is 5.32 Å². The highest BCUT2D eigenvalue weighted by Crippen LogP contribution is 2.25. The Morgan fingerprint density at radius 1 is 1.06 bits per heavy atom. The number of hydrogen-bond acceptors (Lipinski definition) is 5. The predicted molar refractivity (Wildman–Crippen MR) is 129 cm³/mol. The lowest BCUT2D eigenvalue weighted by Crippen LogP contribution is -2.30. The molecule has 1 aliphatic heterocycles. The van der Waals surface area contributed by atoms with Crippen molar-refractivity contribution in [1.82, 2.24) is 25.0 Å². The molecule has 8 heteroatoms. The molecule has 1 N–H and O–H groups in total. The van der Waals surface area contributed by atoms with Crippen molar-refractivity contribution in [2.24, 2.45) is 0 Å². The summed E-state index contributed by atoms with van der Waals surface area (Å²) < 4.78 is 2.05. The van der Waals surface area contributed by atoms with Gasteiger partial charge in [0.25, 0.3) is 0 Å². The summed E-state index contributed by atoms with van der Waals surface area (Å²) in [7, 11) is 0. The molecular formula is C24H28ClN5OS. The highest BCUT2D eigenvalue weighted by molar-refractivity contribution is 7.99. The van der Waals surface area contributed by atoms with E-state index in [9.17, 15) is 4.79 Å². The van der Waals surface area contributed by atoms with Crippen LogP contribution in [-0.4, -0.2) is 44.4 Å². The molecule has 6 nitrogen and oxygen atoms in total. The molecule has 1 aliphatic rings. The quantitative estimate of drug-likeness (QED) is 0.476. The first-order chi connectivity index (χ1) is 15.6. The number of benzene rings is 2. The minimum absolute atomic E-state index is 0.0328.